The summed E-state index contributed by atoms with van der Waals surface area (Å²) in [6.45, 7) is 3.50. The quantitative estimate of drug-likeness (QED) is 0.713. The molecular formula is C13H24N2O4. The lowest BCUT2D eigenvalue weighted by Crippen LogP contribution is -2.49. The molecule has 1 fully saturated rings. The number of carboxylic acids is 1. The van der Waals surface area contributed by atoms with Crippen LogP contribution in [0.5, 0.6) is 0 Å². The molecule has 6 nitrogen and oxygen atoms in total. The van der Waals surface area contributed by atoms with E-state index < -0.39 is 11.6 Å². The second-order valence-corrected chi connectivity index (χ2v) is 6.02. The third kappa shape index (κ3) is 5.46. The van der Waals surface area contributed by atoms with Crippen molar-refractivity contribution in [3.05, 3.63) is 0 Å². The molecule has 2 unspecified atom stereocenters. The molecule has 3 N–H and O–H groups in total. The van der Waals surface area contributed by atoms with Crippen molar-refractivity contribution in [1.82, 2.24) is 10.2 Å². The summed E-state index contributed by atoms with van der Waals surface area (Å²) in [5.74, 6) is -1.15. The fraction of sp³-hybridized carbons (Fsp3) is 0.846. The largest absolute Gasteiger partial charge is 0.481 e. The molecule has 2 amide bonds. The van der Waals surface area contributed by atoms with Crippen LogP contribution in [-0.2, 0) is 4.79 Å². The van der Waals surface area contributed by atoms with Crippen LogP contribution in [0.3, 0.4) is 0 Å². The summed E-state index contributed by atoms with van der Waals surface area (Å²) in [4.78, 5) is 24.3. The summed E-state index contributed by atoms with van der Waals surface area (Å²) in [5.41, 5.74) is -0.942. The maximum Gasteiger partial charge on any atom is 0.317 e. The third-order valence-corrected chi connectivity index (χ3v) is 3.32. The zero-order valence-electron chi connectivity index (χ0n) is 11.8. The van der Waals surface area contributed by atoms with E-state index >= 15 is 0 Å². The minimum Gasteiger partial charge on any atom is -0.481 e. The summed E-state index contributed by atoms with van der Waals surface area (Å²) < 4.78 is 0. The van der Waals surface area contributed by atoms with Crippen molar-refractivity contribution >= 4 is 12.0 Å². The zero-order valence-corrected chi connectivity index (χ0v) is 11.8. The Kier molecular flexibility index (Phi) is 5.17. The van der Waals surface area contributed by atoms with Gasteiger partial charge in [0.25, 0.3) is 0 Å². The van der Waals surface area contributed by atoms with Crippen LogP contribution in [0.15, 0.2) is 0 Å². The van der Waals surface area contributed by atoms with Crippen LogP contribution in [0.2, 0.25) is 0 Å². The van der Waals surface area contributed by atoms with Crippen molar-refractivity contribution in [2.45, 2.75) is 51.2 Å². The molecule has 19 heavy (non-hydrogen) atoms. The van der Waals surface area contributed by atoms with Gasteiger partial charge in [-0.3, -0.25) is 4.79 Å². The molecule has 1 aliphatic rings. The minimum absolute atomic E-state index is 0.0911. The number of hydrogen-bond donors (Lipinski definition) is 3. The monoisotopic (exact) mass is 272 g/mol. The molecule has 0 heterocycles. The van der Waals surface area contributed by atoms with Crippen LogP contribution < -0.4 is 5.32 Å². The van der Waals surface area contributed by atoms with Gasteiger partial charge in [-0.2, -0.15) is 0 Å². The summed E-state index contributed by atoms with van der Waals surface area (Å²) in [6, 6.07) is -0.357. The van der Waals surface area contributed by atoms with Gasteiger partial charge < -0.3 is 20.4 Å². The first kappa shape index (κ1) is 15.8. The van der Waals surface area contributed by atoms with Gasteiger partial charge in [-0.15, -0.1) is 0 Å². The van der Waals surface area contributed by atoms with Gasteiger partial charge in [0, 0.05) is 13.1 Å². The average molecular weight is 272 g/mol. The Morgan fingerprint density at radius 1 is 1.37 bits per heavy atom. The molecule has 110 valence electrons. The molecule has 2 atom stereocenters. The number of nitrogens with one attached hydrogen (secondary N) is 1. The fourth-order valence-electron chi connectivity index (χ4n) is 2.48. The Morgan fingerprint density at radius 2 is 2.00 bits per heavy atom. The van der Waals surface area contributed by atoms with Crippen molar-refractivity contribution in [3.63, 3.8) is 0 Å². The number of likely N-dealkylation sites (N-methyl/N-ethyl adjacent to an activating group) is 1. The molecule has 1 rings (SSSR count). The van der Waals surface area contributed by atoms with Crippen LogP contribution in [-0.4, -0.2) is 52.3 Å². The normalized spacial score (nSPS) is 23.8. The van der Waals surface area contributed by atoms with Crippen molar-refractivity contribution in [1.29, 1.82) is 0 Å². The lowest BCUT2D eigenvalue weighted by atomic mass is 9.86. The Balaban J connectivity index is 2.45. The van der Waals surface area contributed by atoms with E-state index in [2.05, 4.69) is 5.32 Å². The topological polar surface area (TPSA) is 89.9 Å². The number of urea groups is 1. The highest BCUT2D eigenvalue weighted by atomic mass is 16.4. The molecule has 1 saturated carbocycles. The van der Waals surface area contributed by atoms with E-state index in [1.54, 1.807) is 20.9 Å². The van der Waals surface area contributed by atoms with Crippen LogP contribution in [0.4, 0.5) is 4.79 Å². The summed E-state index contributed by atoms with van der Waals surface area (Å²) in [5, 5.41) is 21.5. The van der Waals surface area contributed by atoms with Gasteiger partial charge in [0.15, 0.2) is 0 Å². The van der Waals surface area contributed by atoms with Crippen LogP contribution in [0.25, 0.3) is 0 Å². The van der Waals surface area contributed by atoms with Crippen molar-refractivity contribution in [3.8, 4) is 0 Å². The molecule has 1 aliphatic carbocycles. The van der Waals surface area contributed by atoms with Crippen LogP contribution >= 0.6 is 0 Å². The number of carbonyl (C=O) groups is 2. The lowest BCUT2D eigenvalue weighted by molar-refractivity contribution is -0.143. The molecule has 0 aliphatic heterocycles. The van der Waals surface area contributed by atoms with Gasteiger partial charge in [-0.25, -0.2) is 4.79 Å². The van der Waals surface area contributed by atoms with Gasteiger partial charge in [-0.05, 0) is 33.1 Å². The SMILES string of the molecule is CN(CC(C)(C)O)C(=O)NC1CCCC(C(=O)O)C1. The molecule has 6 heteroatoms. The standard InChI is InChI=1S/C13H24N2O4/c1-13(2,19)8-15(3)12(18)14-10-6-4-5-9(7-10)11(16)17/h9-10,19H,4-8H2,1-3H3,(H,14,18)(H,16,17). The molecular weight excluding hydrogens is 248 g/mol. The second kappa shape index (κ2) is 6.23. The number of aliphatic hydroxyl groups is 1. The first-order valence-corrected chi connectivity index (χ1v) is 6.66. The van der Waals surface area contributed by atoms with E-state index in [0.29, 0.717) is 12.8 Å². The van der Waals surface area contributed by atoms with Crippen LogP contribution in [0.1, 0.15) is 39.5 Å². The number of rotatable bonds is 4. The Labute approximate surface area is 113 Å². The Morgan fingerprint density at radius 3 is 2.53 bits per heavy atom. The molecule has 0 radical (unpaired) electrons. The summed E-state index contributed by atoms with van der Waals surface area (Å²) >= 11 is 0. The molecule has 0 bridgehead atoms. The Hall–Kier alpha value is -1.30. The lowest BCUT2D eigenvalue weighted by Gasteiger charge is -2.31. The highest BCUT2D eigenvalue weighted by Gasteiger charge is 2.29. The third-order valence-electron chi connectivity index (χ3n) is 3.32. The van der Waals surface area contributed by atoms with E-state index in [9.17, 15) is 14.7 Å². The number of hydrogen-bond acceptors (Lipinski definition) is 3. The maximum atomic E-state index is 11.9. The molecule has 0 aromatic heterocycles. The first-order chi connectivity index (χ1) is 8.69. The highest BCUT2D eigenvalue weighted by Crippen LogP contribution is 2.24. The van der Waals surface area contributed by atoms with Crippen molar-refractivity contribution in [2.24, 2.45) is 5.92 Å². The second-order valence-electron chi connectivity index (χ2n) is 6.02. The van der Waals surface area contributed by atoms with Gasteiger partial charge in [0.2, 0.25) is 0 Å². The number of amides is 2. The summed E-state index contributed by atoms with van der Waals surface area (Å²) in [7, 11) is 1.62. The smallest absolute Gasteiger partial charge is 0.317 e. The molecule has 0 saturated heterocycles. The first-order valence-electron chi connectivity index (χ1n) is 6.66. The van der Waals surface area contributed by atoms with E-state index in [1.165, 1.54) is 4.90 Å². The van der Waals surface area contributed by atoms with Crippen LogP contribution in [0, 0.1) is 5.92 Å². The number of aliphatic carboxylic acids is 1. The maximum absolute atomic E-state index is 11.9. The van der Waals surface area contributed by atoms with Gasteiger partial charge in [0.05, 0.1) is 18.1 Å². The average Bonchev–Trinajstić information content (AvgIpc) is 2.27. The van der Waals surface area contributed by atoms with E-state index in [4.69, 9.17) is 5.11 Å². The Bertz CT molecular complexity index is 338. The molecule has 0 spiro atoms. The number of carbonyl (C=O) groups excluding carboxylic acids is 1. The zero-order chi connectivity index (χ0) is 14.6. The van der Waals surface area contributed by atoms with E-state index in [-0.39, 0.29) is 24.5 Å². The highest BCUT2D eigenvalue weighted by molar-refractivity contribution is 5.74. The van der Waals surface area contributed by atoms with E-state index in [1.807, 2.05) is 0 Å². The predicted molar refractivity (Wildman–Crippen MR) is 70.8 cm³/mol. The van der Waals surface area contributed by atoms with E-state index in [0.717, 1.165) is 12.8 Å². The summed E-state index contributed by atoms with van der Waals surface area (Å²) in [6.07, 6.45) is 2.79. The fourth-order valence-corrected chi connectivity index (χ4v) is 2.48. The van der Waals surface area contributed by atoms with Gasteiger partial charge in [-0.1, -0.05) is 6.42 Å². The molecule has 0 aromatic rings. The van der Waals surface area contributed by atoms with Crippen molar-refractivity contribution < 1.29 is 19.8 Å². The van der Waals surface area contributed by atoms with Gasteiger partial charge in [0.1, 0.15) is 0 Å². The number of carboxylic acid groups (broad SMARTS) is 1. The minimum atomic E-state index is -0.942. The van der Waals surface area contributed by atoms with Crippen molar-refractivity contribution in [2.75, 3.05) is 13.6 Å². The molecule has 0 aromatic carbocycles. The predicted octanol–water partition coefficient (Wildman–Crippen LogP) is 1.04. The van der Waals surface area contributed by atoms with Gasteiger partial charge >= 0.3 is 12.0 Å². The number of nitrogens with zero attached hydrogens (tertiary/aromatic N) is 1.